The van der Waals surface area contributed by atoms with Crippen molar-refractivity contribution in [3.63, 3.8) is 0 Å². The van der Waals surface area contributed by atoms with Crippen LogP contribution in [0.2, 0.25) is 0 Å². The van der Waals surface area contributed by atoms with Gasteiger partial charge in [0.2, 0.25) is 0 Å². The molecule has 3 heteroatoms. The molecule has 0 aliphatic heterocycles. The highest BCUT2D eigenvalue weighted by Gasteiger charge is 2.14. The molecule has 0 saturated heterocycles. The Balaban J connectivity index is 2.06. The lowest BCUT2D eigenvalue weighted by Gasteiger charge is -2.14. The lowest BCUT2D eigenvalue weighted by atomic mass is 10.1. The van der Waals surface area contributed by atoms with Crippen molar-refractivity contribution >= 4 is 17.2 Å². The Labute approximate surface area is 144 Å². The molecule has 2 aromatic heterocycles. The standard InChI is InChI=1S/C21H27N3/c1-5-6-7-11-18-21(23-20-16(3)9-8-10-17(20)4)24-14-15(2)12-13-19(24)22-18/h8-10,12-14,23H,5-7,11H2,1-4H3. The molecular weight excluding hydrogens is 294 g/mol. The first-order valence-corrected chi connectivity index (χ1v) is 8.91. The van der Waals surface area contributed by atoms with E-state index in [0.717, 1.165) is 23.6 Å². The van der Waals surface area contributed by atoms with Crippen LogP contribution in [0.3, 0.4) is 0 Å². The number of fused-ring (bicyclic) bond motifs is 1. The third-order valence-corrected chi connectivity index (χ3v) is 4.58. The number of rotatable bonds is 6. The zero-order valence-electron chi connectivity index (χ0n) is 15.2. The molecule has 3 aromatic rings. The topological polar surface area (TPSA) is 29.3 Å². The third-order valence-electron chi connectivity index (χ3n) is 4.58. The molecule has 0 spiro atoms. The maximum absolute atomic E-state index is 4.88. The largest absolute Gasteiger partial charge is 0.339 e. The quantitative estimate of drug-likeness (QED) is 0.587. The summed E-state index contributed by atoms with van der Waals surface area (Å²) >= 11 is 0. The van der Waals surface area contributed by atoms with Crippen molar-refractivity contribution in [1.29, 1.82) is 0 Å². The van der Waals surface area contributed by atoms with Gasteiger partial charge < -0.3 is 5.32 Å². The van der Waals surface area contributed by atoms with Gasteiger partial charge in [-0.15, -0.1) is 0 Å². The van der Waals surface area contributed by atoms with Gasteiger partial charge in [-0.2, -0.15) is 0 Å². The Morgan fingerprint density at radius 1 is 1.00 bits per heavy atom. The van der Waals surface area contributed by atoms with Gasteiger partial charge in [0.15, 0.2) is 0 Å². The monoisotopic (exact) mass is 321 g/mol. The lowest BCUT2D eigenvalue weighted by Crippen LogP contribution is -2.02. The van der Waals surface area contributed by atoms with Crippen LogP contribution in [0, 0.1) is 20.8 Å². The average molecular weight is 321 g/mol. The summed E-state index contributed by atoms with van der Waals surface area (Å²) in [6.07, 6.45) is 6.84. The molecule has 0 saturated carbocycles. The molecular formula is C21H27N3. The van der Waals surface area contributed by atoms with E-state index in [9.17, 15) is 0 Å². The number of unbranched alkanes of at least 4 members (excludes halogenated alkanes) is 2. The molecule has 1 N–H and O–H groups in total. The van der Waals surface area contributed by atoms with Crippen molar-refractivity contribution in [1.82, 2.24) is 9.38 Å². The normalized spacial score (nSPS) is 11.2. The molecule has 0 atom stereocenters. The molecule has 24 heavy (non-hydrogen) atoms. The number of para-hydroxylation sites is 1. The second-order valence-corrected chi connectivity index (χ2v) is 6.69. The zero-order chi connectivity index (χ0) is 17.1. The number of aryl methyl sites for hydroxylation is 4. The van der Waals surface area contributed by atoms with Gasteiger partial charge in [0.1, 0.15) is 11.5 Å². The maximum Gasteiger partial charge on any atom is 0.138 e. The molecule has 0 amide bonds. The maximum atomic E-state index is 4.88. The van der Waals surface area contributed by atoms with Crippen LogP contribution < -0.4 is 5.32 Å². The average Bonchev–Trinajstić information content (AvgIpc) is 2.88. The highest BCUT2D eigenvalue weighted by molar-refractivity contribution is 5.69. The fourth-order valence-corrected chi connectivity index (χ4v) is 3.18. The van der Waals surface area contributed by atoms with Gasteiger partial charge in [0.25, 0.3) is 0 Å². The number of anilines is 2. The predicted molar refractivity (Wildman–Crippen MR) is 102 cm³/mol. The summed E-state index contributed by atoms with van der Waals surface area (Å²) in [4.78, 5) is 4.88. The van der Waals surface area contributed by atoms with E-state index >= 15 is 0 Å². The van der Waals surface area contributed by atoms with Crippen LogP contribution >= 0.6 is 0 Å². The number of hydrogen-bond acceptors (Lipinski definition) is 2. The van der Waals surface area contributed by atoms with E-state index in [0.29, 0.717) is 0 Å². The highest BCUT2D eigenvalue weighted by atomic mass is 15.1. The van der Waals surface area contributed by atoms with E-state index in [2.05, 4.69) is 73.9 Å². The first kappa shape index (κ1) is 16.6. The van der Waals surface area contributed by atoms with Gasteiger partial charge in [-0.25, -0.2) is 4.98 Å². The number of hydrogen-bond donors (Lipinski definition) is 1. The van der Waals surface area contributed by atoms with Crippen molar-refractivity contribution in [2.45, 2.75) is 53.4 Å². The Morgan fingerprint density at radius 3 is 2.46 bits per heavy atom. The van der Waals surface area contributed by atoms with Gasteiger partial charge in [-0.05, 0) is 56.4 Å². The summed E-state index contributed by atoms with van der Waals surface area (Å²) in [5, 5.41) is 3.69. The summed E-state index contributed by atoms with van der Waals surface area (Å²) in [7, 11) is 0. The van der Waals surface area contributed by atoms with Crippen LogP contribution in [0.25, 0.3) is 5.65 Å². The van der Waals surface area contributed by atoms with E-state index in [4.69, 9.17) is 4.98 Å². The molecule has 1 aromatic carbocycles. The summed E-state index contributed by atoms with van der Waals surface area (Å²) in [5.74, 6) is 1.11. The second-order valence-electron chi connectivity index (χ2n) is 6.69. The molecule has 3 rings (SSSR count). The summed E-state index contributed by atoms with van der Waals surface area (Å²) in [6, 6.07) is 10.6. The molecule has 0 fully saturated rings. The number of nitrogens with one attached hydrogen (secondary N) is 1. The first-order valence-electron chi connectivity index (χ1n) is 8.91. The van der Waals surface area contributed by atoms with Crippen molar-refractivity contribution in [3.8, 4) is 0 Å². The van der Waals surface area contributed by atoms with Crippen LogP contribution in [0.4, 0.5) is 11.5 Å². The van der Waals surface area contributed by atoms with Crippen LogP contribution in [-0.2, 0) is 6.42 Å². The van der Waals surface area contributed by atoms with Crippen molar-refractivity contribution in [2.75, 3.05) is 5.32 Å². The first-order chi connectivity index (χ1) is 11.6. The van der Waals surface area contributed by atoms with Crippen molar-refractivity contribution < 1.29 is 0 Å². The van der Waals surface area contributed by atoms with Crippen LogP contribution in [0.1, 0.15) is 48.6 Å². The smallest absolute Gasteiger partial charge is 0.138 e. The Hall–Kier alpha value is -2.29. The number of nitrogens with zero attached hydrogens (tertiary/aromatic N) is 2. The minimum Gasteiger partial charge on any atom is -0.339 e. The highest BCUT2D eigenvalue weighted by Crippen LogP contribution is 2.28. The lowest BCUT2D eigenvalue weighted by molar-refractivity contribution is 0.710. The van der Waals surface area contributed by atoms with Gasteiger partial charge in [-0.1, -0.05) is 44.0 Å². The van der Waals surface area contributed by atoms with Gasteiger partial charge >= 0.3 is 0 Å². The number of benzene rings is 1. The number of imidazole rings is 1. The molecule has 0 bridgehead atoms. The Morgan fingerprint density at radius 2 is 1.75 bits per heavy atom. The fraction of sp³-hybridized carbons (Fsp3) is 0.381. The summed E-state index contributed by atoms with van der Waals surface area (Å²) < 4.78 is 2.20. The van der Waals surface area contributed by atoms with Crippen LogP contribution in [0.5, 0.6) is 0 Å². The van der Waals surface area contributed by atoms with Crippen LogP contribution in [-0.4, -0.2) is 9.38 Å². The Bertz CT molecular complexity index is 825. The van der Waals surface area contributed by atoms with E-state index < -0.39 is 0 Å². The minimum atomic E-state index is 1.01. The van der Waals surface area contributed by atoms with E-state index in [1.54, 1.807) is 0 Å². The molecule has 0 aliphatic carbocycles. The van der Waals surface area contributed by atoms with Gasteiger partial charge in [0, 0.05) is 11.9 Å². The third kappa shape index (κ3) is 3.30. The Kier molecular flexibility index (Phi) is 4.89. The van der Waals surface area contributed by atoms with Crippen molar-refractivity contribution in [3.05, 3.63) is 58.9 Å². The second kappa shape index (κ2) is 7.08. The van der Waals surface area contributed by atoms with Crippen molar-refractivity contribution in [2.24, 2.45) is 0 Å². The molecule has 0 aliphatic rings. The molecule has 0 unspecified atom stereocenters. The predicted octanol–water partition coefficient (Wildman–Crippen LogP) is 5.74. The zero-order valence-corrected chi connectivity index (χ0v) is 15.2. The van der Waals surface area contributed by atoms with E-state index in [1.807, 2.05) is 0 Å². The number of pyridine rings is 1. The van der Waals surface area contributed by atoms with E-state index in [-0.39, 0.29) is 0 Å². The summed E-state index contributed by atoms with van der Waals surface area (Å²) in [5.41, 5.74) is 7.13. The SMILES string of the molecule is CCCCCc1nc2ccc(C)cn2c1Nc1c(C)cccc1C. The van der Waals surface area contributed by atoms with Crippen LogP contribution in [0.15, 0.2) is 36.5 Å². The molecule has 2 heterocycles. The van der Waals surface area contributed by atoms with Gasteiger partial charge in [-0.3, -0.25) is 4.40 Å². The number of aromatic nitrogens is 2. The fourth-order valence-electron chi connectivity index (χ4n) is 3.18. The summed E-state index contributed by atoms with van der Waals surface area (Å²) in [6.45, 7) is 8.67. The molecule has 3 nitrogen and oxygen atoms in total. The minimum absolute atomic E-state index is 1.01. The van der Waals surface area contributed by atoms with Gasteiger partial charge in [0.05, 0.1) is 5.69 Å². The molecule has 126 valence electrons. The van der Waals surface area contributed by atoms with E-state index in [1.165, 1.54) is 41.6 Å². The molecule has 0 radical (unpaired) electrons.